The third kappa shape index (κ3) is 5.52. The summed E-state index contributed by atoms with van der Waals surface area (Å²) in [6, 6.07) is 7.96. The molecule has 0 spiro atoms. The quantitative estimate of drug-likeness (QED) is 0.812. The first-order valence-electron chi connectivity index (χ1n) is 6.05. The van der Waals surface area contributed by atoms with Crippen LogP contribution in [-0.2, 0) is 0 Å². The number of nitrogens with zero attached hydrogens (tertiary/aromatic N) is 1. The fourth-order valence-electron chi connectivity index (χ4n) is 1.68. The fraction of sp³-hybridized carbons (Fsp3) is 0.538. The summed E-state index contributed by atoms with van der Waals surface area (Å²) < 4.78 is 1.04. The van der Waals surface area contributed by atoms with Crippen molar-refractivity contribution in [3.8, 4) is 0 Å². The van der Waals surface area contributed by atoms with Crippen molar-refractivity contribution >= 4 is 21.6 Å². The number of rotatable bonds is 7. The van der Waals surface area contributed by atoms with Gasteiger partial charge < -0.3 is 15.3 Å². The number of hydrogen-bond donors (Lipinski definition) is 2. The summed E-state index contributed by atoms with van der Waals surface area (Å²) in [4.78, 5) is 2.22. The van der Waals surface area contributed by atoms with Crippen LogP contribution in [0.25, 0.3) is 0 Å². The average Bonchev–Trinajstić information content (AvgIpc) is 2.33. The van der Waals surface area contributed by atoms with Crippen molar-refractivity contribution in [1.82, 2.24) is 4.90 Å². The Kier molecular flexibility index (Phi) is 6.55. The topological polar surface area (TPSA) is 35.5 Å². The van der Waals surface area contributed by atoms with Crippen molar-refractivity contribution < 1.29 is 5.11 Å². The summed E-state index contributed by atoms with van der Waals surface area (Å²) in [5.41, 5.74) is 1.03. The molecule has 1 atom stereocenters. The van der Waals surface area contributed by atoms with Crippen LogP contribution in [0.3, 0.4) is 0 Å². The molecule has 0 amide bonds. The van der Waals surface area contributed by atoms with Gasteiger partial charge in [0.2, 0.25) is 0 Å². The second-order valence-corrected chi connectivity index (χ2v) is 4.95. The van der Waals surface area contributed by atoms with E-state index < -0.39 is 0 Å². The molecule has 1 unspecified atom stereocenters. The monoisotopic (exact) mass is 300 g/mol. The van der Waals surface area contributed by atoms with E-state index in [1.54, 1.807) is 0 Å². The van der Waals surface area contributed by atoms with E-state index in [2.05, 4.69) is 40.0 Å². The van der Waals surface area contributed by atoms with Crippen molar-refractivity contribution in [1.29, 1.82) is 0 Å². The highest BCUT2D eigenvalue weighted by atomic mass is 79.9. The Morgan fingerprint density at radius 3 is 2.65 bits per heavy atom. The maximum Gasteiger partial charge on any atom is 0.0839 e. The van der Waals surface area contributed by atoms with Crippen LogP contribution in [0.4, 0.5) is 5.69 Å². The SMILES string of the molecule is CCN(CC)CC(O)CNc1cccc(Br)c1. The average molecular weight is 301 g/mol. The van der Waals surface area contributed by atoms with Crippen LogP contribution in [0.1, 0.15) is 13.8 Å². The summed E-state index contributed by atoms with van der Waals surface area (Å²) in [6.45, 7) is 7.46. The molecule has 0 bridgehead atoms. The van der Waals surface area contributed by atoms with Crippen LogP contribution in [0.2, 0.25) is 0 Å². The number of benzene rings is 1. The van der Waals surface area contributed by atoms with E-state index in [4.69, 9.17) is 0 Å². The maximum absolute atomic E-state index is 9.90. The number of anilines is 1. The minimum absolute atomic E-state index is 0.339. The van der Waals surface area contributed by atoms with Gasteiger partial charge in [0.05, 0.1) is 6.10 Å². The van der Waals surface area contributed by atoms with E-state index in [0.717, 1.165) is 23.2 Å². The Hall–Kier alpha value is -0.580. The Morgan fingerprint density at radius 2 is 2.06 bits per heavy atom. The molecule has 1 aromatic rings. The van der Waals surface area contributed by atoms with Gasteiger partial charge >= 0.3 is 0 Å². The molecule has 17 heavy (non-hydrogen) atoms. The number of halogens is 1. The van der Waals surface area contributed by atoms with Gasteiger partial charge in [-0.05, 0) is 31.3 Å². The smallest absolute Gasteiger partial charge is 0.0839 e. The minimum Gasteiger partial charge on any atom is -0.390 e. The first-order valence-corrected chi connectivity index (χ1v) is 6.84. The number of hydrogen-bond acceptors (Lipinski definition) is 3. The molecule has 0 aliphatic rings. The molecule has 1 aromatic carbocycles. The lowest BCUT2D eigenvalue weighted by atomic mass is 10.3. The molecule has 0 aliphatic heterocycles. The summed E-state index contributed by atoms with van der Waals surface area (Å²) in [6.07, 6.45) is -0.339. The van der Waals surface area contributed by atoms with Crippen LogP contribution < -0.4 is 5.32 Å². The predicted octanol–water partition coefficient (Wildman–Crippen LogP) is 2.56. The number of nitrogens with one attached hydrogen (secondary N) is 1. The van der Waals surface area contributed by atoms with Crippen molar-refractivity contribution in [3.05, 3.63) is 28.7 Å². The van der Waals surface area contributed by atoms with Gasteiger partial charge in [-0.25, -0.2) is 0 Å². The third-order valence-corrected chi connectivity index (χ3v) is 3.22. The molecule has 1 rings (SSSR count). The maximum atomic E-state index is 9.90. The first-order chi connectivity index (χ1) is 8.15. The van der Waals surface area contributed by atoms with Crippen LogP contribution >= 0.6 is 15.9 Å². The fourth-order valence-corrected chi connectivity index (χ4v) is 2.08. The molecule has 0 aliphatic carbocycles. The largest absolute Gasteiger partial charge is 0.390 e. The van der Waals surface area contributed by atoms with Gasteiger partial charge in [-0.2, -0.15) is 0 Å². The van der Waals surface area contributed by atoms with Crippen LogP contribution in [0, 0.1) is 0 Å². The van der Waals surface area contributed by atoms with E-state index in [9.17, 15) is 5.11 Å². The van der Waals surface area contributed by atoms with Crippen molar-refractivity contribution in [2.75, 3.05) is 31.5 Å². The van der Waals surface area contributed by atoms with Crippen LogP contribution in [0.5, 0.6) is 0 Å². The molecule has 0 saturated heterocycles. The van der Waals surface area contributed by atoms with Gasteiger partial charge in [-0.1, -0.05) is 35.8 Å². The highest BCUT2D eigenvalue weighted by Gasteiger charge is 2.08. The number of aliphatic hydroxyl groups is 1. The molecular weight excluding hydrogens is 280 g/mol. The lowest BCUT2D eigenvalue weighted by molar-refractivity contribution is 0.128. The van der Waals surface area contributed by atoms with E-state index in [1.165, 1.54) is 0 Å². The lowest BCUT2D eigenvalue weighted by Crippen LogP contribution is -2.35. The van der Waals surface area contributed by atoms with E-state index in [0.29, 0.717) is 13.1 Å². The molecule has 2 N–H and O–H groups in total. The summed E-state index contributed by atoms with van der Waals surface area (Å²) in [7, 11) is 0. The molecule has 3 nitrogen and oxygen atoms in total. The van der Waals surface area contributed by atoms with Crippen molar-refractivity contribution in [2.24, 2.45) is 0 Å². The van der Waals surface area contributed by atoms with Crippen molar-refractivity contribution in [2.45, 2.75) is 20.0 Å². The molecule has 0 radical (unpaired) electrons. The molecule has 4 heteroatoms. The van der Waals surface area contributed by atoms with E-state index in [-0.39, 0.29) is 6.10 Å². The Balaban J connectivity index is 2.35. The molecule has 96 valence electrons. The zero-order valence-corrected chi connectivity index (χ0v) is 12.1. The van der Waals surface area contributed by atoms with Gasteiger partial charge in [0.15, 0.2) is 0 Å². The molecule has 0 saturated carbocycles. The number of likely N-dealkylation sites (N-methyl/N-ethyl adjacent to an activating group) is 1. The summed E-state index contributed by atoms with van der Waals surface area (Å²) in [5.74, 6) is 0. The van der Waals surface area contributed by atoms with Gasteiger partial charge in [0.25, 0.3) is 0 Å². The lowest BCUT2D eigenvalue weighted by Gasteiger charge is -2.22. The Labute approximate surface area is 112 Å². The molecule has 0 fully saturated rings. The molecule has 0 aromatic heterocycles. The van der Waals surface area contributed by atoms with Gasteiger partial charge in [-0.3, -0.25) is 0 Å². The van der Waals surface area contributed by atoms with Gasteiger partial charge in [0.1, 0.15) is 0 Å². The van der Waals surface area contributed by atoms with Crippen LogP contribution in [-0.4, -0.2) is 42.3 Å². The van der Waals surface area contributed by atoms with E-state index in [1.807, 2.05) is 24.3 Å². The number of aliphatic hydroxyl groups excluding tert-OH is 1. The predicted molar refractivity (Wildman–Crippen MR) is 76.4 cm³/mol. The summed E-state index contributed by atoms with van der Waals surface area (Å²) in [5, 5.41) is 13.1. The standard InChI is InChI=1S/C13H21BrN2O/c1-3-16(4-2)10-13(17)9-15-12-7-5-6-11(14)8-12/h5-8,13,15,17H,3-4,9-10H2,1-2H3. The third-order valence-electron chi connectivity index (χ3n) is 2.73. The molecule has 0 heterocycles. The summed E-state index contributed by atoms with van der Waals surface area (Å²) >= 11 is 3.42. The zero-order chi connectivity index (χ0) is 12.7. The Morgan fingerprint density at radius 1 is 1.35 bits per heavy atom. The second kappa shape index (κ2) is 7.69. The Bertz CT molecular complexity index is 329. The second-order valence-electron chi connectivity index (χ2n) is 4.03. The normalized spacial score (nSPS) is 12.8. The van der Waals surface area contributed by atoms with Gasteiger partial charge in [-0.15, -0.1) is 0 Å². The minimum atomic E-state index is -0.339. The zero-order valence-electron chi connectivity index (χ0n) is 10.5. The first kappa shape index (κ1) is 14.5. The van der Waals surface area contributed by atoms with Crippen LogP contribution in [0.15, 0.2) is 28.7 Å². The van der Waals surface area contributed by atoms with E-state index >= 15 is 0 Å². The van der Waals surface area contributed by atoms with Gasteiger partial charge in [0, 0.05) is 23.2 Å². The highest BCUT2D eigenvalue weighted by Crippen LogP contribution is 2.15. The molecular formula is C13H21BrN2O. The highest BCUT2D eigenvalue weighted by molar-refractivity contribution is 9.10. The van der Waals surface area contributed by atoms with Crippen molar-refractivity contribution in [3.63, 3.8) is 0 Å².